The number of hydrogen-bond acceptors (Lipinski definition) is 5. The van der Waals surface area contributed by atoms with E-state index in [1.165, 1.54) is 23.1 Å². The Morgan fingerprint density at radius 1 is 1.35 bits per heavy atom. The highest BCUT2D eigenvalue weighted by Crippen LogP contribution is 2.28. The zero-order valence-electron chi connectivity index (χ0n) is 12.0. The summed E-state index contributed by atoms with van der Waals surface area (Å²) in [5.74, 6) is 0.966. The van der Waals surface area contributed by atoms with Crippen LogP contribution in [0.25, 0.3) is 0 Å². The van der Waals surface area contributed by atoms with E-state index in [2.05, 4.69) is 15.3 Å². The van der Waals surface area contributed by atoms with Gasteiger partial charge in [0.1, 0.15) is 4.90 Å². The van der Waals surface area contributed by atoms with Crippen molar-refractivity contribution < 1.29 is 8.42 Å². The van der Waals surface area contributed by atoms with E-state index in [4.69, 9.17) is 0 Å². The number of rotatable bonds is 7. The van der Waals surface area contributed by atoms with Gasteiger partial charge in [-0.05, 0) is 25.2 Å². The Morgan fingerprint density at radius 2 is 2.00 bits per heavy atom. The van der Waals surface area contributed by atoms with Crippen molar-refractivity contribution in [1.82, 2.24) is 14.3 Å². The molecule has 0 amide bonds. The lowest BCUT2D eigenvalue weighted by Gasteiger charge is -2.29. The molecule has 1 aliphatic carbocycles. The highest BCUT2D eigenvalue weighted by atomic mass is 32.2. The zero-order valence-corrected chi connectivity index (χ0v) is 12.9. The average Bonchev–Trinajstić information content (AvgIpc) is 2.40. The van der Waals surface area contributed by atoms with Crippen molar-refractivity contribution in [2.75, 3.05) is 25.5 Å². The van der Waals surface area contributed by atoms with Gasteiger partial charge in [-0.15, -0.1) is 0 Å². The van der Waals surface area contributed by atoms with Gasteiger partial charge in [-0.1, -0.05) is 13.3 Å². The Bertz CT molecular complexity index is 526. The van der Waals surface area contributed by atoms with E-state index in [9.17, 15) is 8.42 Å². The Kier molecular flexibility index (Phi) is 4.93. The fourth-order valence-electron chi connectivity index (χ4n) is 2.09. The molecule has 1 N–H and O–H groups in total. The highest BCUT2D eigenvalue weighted by Gasteiger charge is 2.27. The molecule has 1 aromatic heterocycles. The van der Waals surface area contributed by atoms with E-state index in [0.29, 0.717) is 18.4 Å². The predicted octanol–water partition coefficient (Wildman–Crippen LogP) is 1.72. The normalized spacial score (nSPS) is 16.1. The molecule has 0 saturated heterocycles. The lowest BCUT2D eigenvalue weighted by molar-refractivity contribution is 0.263. The standard InChI is InChI=1S/C13H22N4O2S/c1-3-7-14-13-15-8-12(9-16-13)20(18,19)17(2)10-11-5-4-6-11/h8-9,11H,3-7,10H2,1-2H3,(H,14,15,16). The van der Waals surface area contributed by atoms with Crippen LogP contribution in [0, 0.1) is 5.92 Å². The monoisotopic (exact) mass is 298 g/mol. The Labute approximate surface area is 120 Å². The van der Waals surface area contributed by atoms with E-state index in [1.807, 2.05) is 6.92 Å². The van der Waals surface area contributed by atoms with Gasteiger partial charge in [0.15, 0.2) is 0 Å². The molecule has 0 unspecified atom stereocenters. The number of aromatic nitrogens is 2. The fourth-order valence-corrected chi connectivity index (χ4v) is 3.23. The van der Waals surface area contributed by atoms with Gasteiger partial charge in [-0.25, -0.2) is 22.7 Å². The molecule has 112 valence electrons. The molecule has 0 aliphatic heterocycles. The molecule has 1 fully saturated rings. The van der Waals surface area contributed by atoms with Crippen LogP contribution in [0.5, 0.6) is 0 Å². The van der Waals surface area contributed by atoms with E-state index in [0.717, 1.165) is 25.8 Å². The molecule has 2 rings (SSSR count). The summed E-state index contributed by atoms with van der Waals surface area (Å²) < 4.78 is 26.1. The summed E-state index contributed by atoms with van der Waals surface area (Å²) in [5.41, 5.74) is 0. The first-order valence-corrected chi connectivity index (χ1v) is 8.50. The van der Waals surface area contributed by atoms with Crippen molar-refractivity contribution in [3.05, 3.63) is 12.4 Å². The van der Waals surface area contributed by atoms with Gasteiger partial charge in [0, 0.05) is 20.1 Å². The summed E-state index contributed by atoms with van der Waals surface area (Å²) in [7, 11) is -1.85. The summed E-state index contributed by atoms with van der Waals surface area (Å²) >= 11 is 0. The quantitative estimate of drug-likeness (QED) is 0.829. The van der Waals surface area contributed by atoms with Gasteiger partial charge in [0.25, 0.3) is 0 Å². The van der Waals surface area contributed by atoms with Gasteiger partial charge in [-0.3, -0.25) is 0 Å². The minimum absolute atomic E-state index is 0.154. The molecule has 7 heteroatoms. The van der Waals surface area contributed by atoms with Crippen molar-refractivity contribution in [1.29, 1.82) is 0 Å². The van der Waals surface area contributed by atoms with Crippen molar-refractivity contribution in [2.45, 2.75) is 37.5 Å². The Morgan fingerprint density at radius 3 is 2.50 bits per heavy atom. The maximum atomic E-state index is 12.4. The van der Waals surface area contributed by atoms with Crippen LogP contribution in [0.2, 0.25) is 0 Å². The second-order valence-corrected chi connectivity index (χ2v) is 7.30. The van der Waals surface area contributed by atoms with Crippen LogP contribution < -0.4 is 5.32 Å². The SMILES string of the molecule is CCCNc1ncc(S(=O)(=O)N(C)CC2CCC2)cn1. The summed E-state index contributed by atoms with van der Waals surface area (Å²) in [6.07, 6.45) is 7.16. The van der Waals surface area contributed by atoms with E-state index >= 15 is 0 Å². The zero-order chi connectivity index (χ0) is 14.6. The highest BCUT2D eigenvalue weighted by molar-refractivity contribution is 7.89. The Balaban J connectivity index is 2.04. The molecule has 1 heterocycles. The number of nitrogens with zero attached hydrogens (tertiary/aromatic N) is 3. The molecule has 1 aliphatic rings. The number of nitrogens with one attached hydrogen (secondary N) is 1. The minimum Gasteiger partial charge on any atom is -0.354 e. The summed E-state index contributed by atoms with van der Waals surface area (Å²) in [6.45, 7) is 3.40. The number of sulfonamides is 1. The summed E-state index contributed by atoms with van der Waals surface area (Å²) in [4.78, 5) is 8.25. The molecular weight excluding hydrogens is 276 g/mol. The molecule has 1 saturated carbocycles. The second kappa shape index (κ2) is 6.49. The van der Waals surface area contributed by atoms with Crippen LogP contribution in [-0.4, -0.2) is 42.8 Å². The van der Waals surface area contributed by atoms with Crippen molar-refractivity contribution in [3.63, 3.8) is 0 Å². The molecule has 6 nitrogen and oxygen atoms in total. The third-order valence-corrected chi connectivity index (χ3v) is 5.39. The van der Waals surface area contributed by atoms with Gasteiger partial charge in [0.05, 0.1) is 12.4 Å². The van der Waals surface area contributed by atoms with Crippen LogP contribution in [0.3, 0.4) is 0 Å². The largest absolute Gasteiger partial charge is 0.354 e. The summed E-state index contributed by atoms with van der Waals surface area (Å²) in [6, 6.07) is 0. The molecule has 0 bridgehead atoms. The van der Waals surface area contributed by atoms with Crippen molar-refractivity contribution in [3.8, 4) is 0 Å². The van der Waals surface area contributed by atoms with Gasteiger partial charge < -0.3 is 5.32 Å². The first kappa shape index (κ1) is 15.2. The van der Waals surface area contributed by atoms with E-state index < -0.39 is 10.0 Å². The third-order valence-electron chi connectivity index (χ3n) is 3.61. The number of hydrogen-bond donors (Lipinski definition) is 1. The molecule has 1 aromatic rings. The first-order chi connectivity index (χ1) is 9.54. The predicted molar refractivity (Wildman–Crippen MR) is 78.0 cm³/mol. The molecule has 20 heavy (non-hydrogen) atoms. The molecule has 0 aromatic carbocycles. The fraction of sp³-hybridized carbons (Fsp3) is 0.692. The van der Waals surface area contributed by atoms with E-state index in [1.54, 1.807) is 7.05 Å². The Hall–Kier alpha value is -1.21. The molecule has 0 radical (unpaired) electrons. The van der Waals surface area contributed by atoms with Crippen LogP contribution in [0.15, 0.2) is 17.3 Å². The van der Waals surface area contributed by atoms with Crippen LogP contribution in [0.1, 0.15) is 32.6 Å². The van der Waals surface area contributed by atoms with Gasteiger partial charge in [-0.2, -0.15) is 0 Å². The number of anilines is 1. The van der Waals surface area contributed by atoms with Gasteiger partial charge >= 0.3 is 0 Å². The first-order valence-electron chi connectivity index (χ1n) is 7.06. The maximum absolute atomic E-state index is 12.4. The molecule has 0 spiro atoms. The summed E-state index contributed by atoms with van der Waals surface area (Å²) in [5, 5.41) is 3.02. The smallest absolute Gasteiger partial charge is 0.245 e. The lowest BCUT2D eigenvalue weighted by Crippen LogP contribution is -2.34. The maximum Gasteiger partial charge on any atom is 0.245 e. The van der Waals surface area contributed by atoms with Crippen molar-refractivity contribution >= 4 is 16.0 Å². The van der Waals surface area contributed by atoms with Crippen LogP contribution in [0.4, 0.5) is 5.95 Å². The topological polar surface area (TPSA) is 75.2 Å². The third kappa shape index (κ3) is 3.46. The van der Waals surface area contributed by atoms with Gasteiger partial charge in [0.2, 0.25) is 16.0 Å². The molecular formula is C13H22N4O2S. The van der Waals surface area contributed by atoms with Crippen molar-refractivity contribution in [2.24, 2.45) is 5.92 Å². The van der Waals surface area contributed by atoms with Crippen LogP contribution in [-0.2, 0) is 10.0 Å². The van der Waals surface area contributed by atoms with E-state index in [-0.39, 0.29) is 4.90 Å². The van der Waals surface area contributed by atoms with Crippen LogP contribution >= 0.6 is 0 Å². The molecule has 0 atom stereocenters. The average molecular weight is 298 g/mol. The minimum atomic E-state index is -3.47. The lowest BCUT2D eigenvalue weighted by atomic mass is 9.86. The second-order valence-electron chi connectivity index (χ2n) is 5.25.